The van der Waals surface area contributed by atoms with Gasteiger partial charge in [0.25, 0.3) is 5.91 Å². The molecule has 2 aromatic carbocycles. The topological polar surface area (TPSA) is 80.2 Å². The van der Waals surface area contributed by atoms with E-state index in [9.17, 15) is 9.90 Å². The minimum absolute atomic E-state index is 0.0851. The summed E-state index contributed by atoms with van der Waals surface area (Å²) in [5.41, 5.74) is 4.21. The summed E-state index contributed by atoms with van der Waals surface area (Å²) in [5, 5.41) is 14.2. The summed E-state index contributed by atoms with van der Waals surface area (Å²) in [6.07, 6.45) is 3.66. The van der Waals surface area contributed by atoms with E-state index in [1.807, 2.05) is 6.92 Å². The number of nitrogens with zero attached hydrogens (tertiary/aromatic N) is 1. The molecule has 136 valence electrons. The number of aromatic hydroxyl groups is 1. The first kappa shape index (κ1) is 19.1. The lowest BCUT2D eigenvalue weighted by Crippen LogP contribution is -2.18. The van der Waals surface area contributed by atoms with Gasteiger partial charge in [-0.25, -0.2) is 5.43 Å². The van der Waals surface area contributed by atoms with Crippen molar-refractivity contribution in [2.75, 3.05) is 13.7 Å². The van der Waals surface area contributed by atoms with E-state index < -0.39 is 0 Å². The van der Waals surface area contributed by atoms with Crippen molar-refractivity contribution in [2.24, 2.45) is 5.10 Å². The number of nitrogens with one attached hydrogen (secondary N) is 1. The maximum Gasteiger partial charge on any atom is 0.275 e. The standard InChI is InChI=1S/C20H22N2O4/c1-4-8-15-11-14(12-18(19(15)23)26-5-2)13-21-22-20(24)16-9-6-7-10-17(16)25-3/h4,6-7,9-13,23H,1,5,8H2,2-3H3,(H,22,24)/b21-13-. The number of hydrazone groups is 1. The van der Waals surface area contributed by atoms with E-state index in [1.54, 1.807) is 42.5 Å². The van der Waals surface area contributed by atoms with Crippen molar-refractivity contribution < 1.29 is 19.4 Å². The van der Waals surface area contributed by atoms with Crippen LogP contribution in [-0.4, -0.2) is 30.9 Å². The molecular weight excluding hydrogens is 332 g/mol. The van der Waals surface area contributed by atoms with Crippen molar-refractivity contribution in [1.82, 2.24) is 5.43 Å². The Morgan fingerprint density at radius 1 is 1.31 bits per heavy atom. The smallest absolute Gasteiger partial charge is 0.275 e. The summed E-state index contributed by atoms with van der Waals surface area (Å²) in [5.74, 6) is 0.539. The number of benzene rings is 2. The number of hydrogen-bond donors (Lipinski definition) is 2. The molecule has 26 heavy (non-hydrogen) atoms. The third-order valence-corrected chi connectivity index (χ3v) is 3.57. The number of allylic oxidation sites excluding steroid dienone is 1. The van der Waals surface area contributed by atoms with Crippen LogP contribution in [0.2, 0.25) is 0 Å². The molecule has 2 N–H and O–H groups in total. The minimum Gasteiger partial charge on any atom is -0.504 e. The molecule has 0 fully saturated rings. The Kier molecular flexibility index (Phi) is 6.79. The lowest BCUT2D eigenvalue weighted by Gasteiger charge is -2.11. The van der Waals surface area contributed by atoms with Crippen molar-refractivity contribution in [3.05, 3.63) is 65.7 Å². The SMILES string of the molecule is C=CCc1cc(/C=N\NC(=O)c2ccccc2OC)cc(OCC)c1O. The van der Waals surface area contributed by atoms with Gasteiger partial charge in [0, 0.05) is 5.56 Å². The van der Waals surface area contributed by atoms with Gasteiger partial charge >= 0.3 is 0 Å². The van der Waals surface area contributed by atoms with Gasteiger partial charge in [-0.2, -0.15) is 5.10 Å². The van der Waals surface area contributed by atoms with Crippen LogP contribution in [0.1, 0.15) is 28.4 Å². The van der Waals surface area contributed by atoms with Crippen molar-refractivity contribution in [2.45, 2.75) is 13.3 Å². The average Bonchev–Trinajstić information content (AvgIpc) is 2.65. The Hall–Kier alpha value is -3.28. The molecule has 6 heteroatoms. The quantitative estimate of drug-likeness (QED) is 0.433. The van der Waals surface area contributed by atoms with Crippen LogP contribution >= 0.6 is 0 Å². The van der Waals surface area contributed by atoms with Crippen LogP contribution in [0.5, 0.6) is 17.2 Å². The monoisotopic (exact) mass is 354 g/mol. The molecule has 0 radical (unpaired) electrons. The van der Waals surface area contributed by atoms with E-state index in [-0.39, 0.29) is 11.7 Å². The van der Waals surface area contributed by atoms with Crippen LogP contribution in [0.15, 0.2) is 54.2 Å². The van der Waals surface area contributed by atoms with Crippen molar-refractivity contribution >= 4 is 12.1 Å². The molecule has 0 spiro atoms. The van der Waals surface area contributed by atoms with Crippen LogP contribution in [0.3, 0.4) is 0 Å². The summed E-state index contributed by atoms with van der Waals surface area (Å²) in [6, 6.07) is 10.3. The summed E-state index contributed by atoms with van der Waals surface area (Å²) in [6.45, 7) is 5.94. The third kappa shape index (κ3) is 4.63. The molecule has 2 rings (SSSR count). The molecule has 0 heterocycles. The normalized spacial score (nSPS) is 10.5. The summed E-state index contributed by atoms with van der Waals surface area (Å²) < 4.78 is 10.6. The van der Waals surface area contributed by atoms with Crippen molar-refractivity contribution in [3.63, 3.8) is 0 Å². The number of methoxy groups -OCH3 is 1. The molecule has 1 amide bonds. The van der Waals surface area contributed by atoms with E-state index in [0.717, 1.165) is 0 Å². The van der Waals surface area contributed by atoms with Gasteiger partial charge in [0.15, 0.2) is 11.5 Å². The van der Waals surface area contributed by atoms with Crippen molar-refractivity contribution in [1.29, 1.82) is 0 Å². The van der Waals surface area contributed by atoms with Gasteiger partial charge in [-0.1, -0.05) is 18.2 Å². The predicted molar refractivity (Wildman–Crippen MR) is 101 cm³/mol. The van der Waals surface area contributed by atoms with Crippen LogP contribution in [0.25, 0.3) is 0 Å². The van der Waals surface area contributed by atoms with Gasteiger partial charge in [-0.05, 0) is 43.2 Å². The van der Waals surface area contributed by atoms with E-state index >= 15 is 0 Å². The van der Waals surface area contributed by atoms with Gasteiger partial charge in [-0.15, -0.1) is 6.58 Å². The molecule has 0 aliphatic heterocycles. The number of hydrogen-bond acceptors (Lipinski definition) is 5. The Bertz CT molecular complexity index is 815. The molecule has 2 aromatic rings. The van der Waals surface area contributed by atoms with Crippen LogP contribution < -0.4 is 14.9 Å². The molecule has 0 saturated carbocycles. The Labute approximate surface area is 152 Å². The van der Waals surface area contributed by atoms with Crippen LogP contribution in [0, 0.1) is 0 Å². The Morgan fingerprint density at radius 2 is 2.08 bits per heavy atom. The van der Waals surface area contributed by atoms with Gasteiger partial charge < -0.3 is 14.6 Å². The van der Waals surface area contributed by atoms with Crippen LogP contribution in [0.4, 0.5) is 0 Å². The maximum absolute atomic E-state index is 12.2. The van der Waals surface area contributed by atoms with Gasteiger partial charge in [-0.3, -0.25) is 4.79 Å². The second-order valence-corrected chi connectivity index (χ2v) is 5.35. The zero-order chi connectivity index (χ0) is 18.9. The first-order chi connectivity index (χ1) is 12.6. The fourth-order valence-electron chi connectivity index (χ4n) is 2.40. The Balaban J connectivity index is 2.19. The summed E-state index contributed by atoms with van der Waals surface area (Å²) in [7, 11) is 1.50. The van der Waals surface area contributed by atoms with Crippen molar-refractivity contribution in [3.8, 4) is 17.2 Å². The first-order valence-electron chi connectivity index (χ1n) is 8.16. The fraction of sp³-hybridized carbons (Fsp3) is 0.200. The first-order valence-corrected chi connectivity index (χ1v) is 8.16. The van der Waals surface area contributed by atoms with Gasteiger partial charge in [0.2, 0.25) is 0 Å². The molecule has 0 atom stereocenters. The molecular formula is C20H22N2O4. The molecule has 0 bridgehead atoms. The molecule has 0 aromatic heterocycles. The summed E-state index contributed by atoms with van der Waals surface area (Å²) >= 11 is 0. The number of ether oxygens (including phenoxy) is 2. The highest BCUT2D eigenvalue weighted by molar-refractivity contribution is 5.97. The lowest BCUT2D eigenvalue weighted by molar-refractivity contribution is 0.0952. The molecule has 0 aliphatic carbocycles. The van der Waals surface area contributed by atoms with E-state index in [1.165, 1.54) is 13.3 Å². The van der Waals surface area contributed by atoms with E-state index in [0.29, 0.717) is 41.2 Å². The number of carbonyl (C=O) groups excluding carboxylic acids is 1. The minimum atomic E-state index is -0.381. The van der Waals surface area contributed by atoms with E-state index in [2.05, 4.69) is 17.1 Å². The highest BCUT2D eigenvalue weighted by Gasteiger charge is 2.11. The second kappa shape index (κ2) is 9.27. The predicted octanol–water partition coefficient (Wildman–Crippen LogP) is 3.29. The van der Waals surface area contributed by atoms with Gasteiger partial charge in [0.1, 0.15) is 5.75 Å². The largest absolute Gasteiger partial charge is 0.504 e. The lowest BCUT2D eigenvalue weighted by atomic mass is 10.1. The highest BCUT2D eigenvalue weighted by Crippen LogP contribution is 2.31. The maximum atomic E-state index is 12.2. The Morgan fingerprint density at radius 3 is 2.77 bits per heavy atom. The number of para-hydroxylation sites is 1. The van der Waals surface area contributed by atoms with Crippen LogP contribution in [-0.2, 0) is 6.42 Å². The molecule has 0 saturated heterocycles. The number of phenols is 1. The van der Waals surface area contributed by atoms with E-state index in [4.69, 9.17) is 9.47 Å². The fourth-order valence-corrected chi connectivity index (χ4v) is 2.40. The molecule has 0 unspecified atom stereocenters. The zero-order valence-electron chi connectivity index (χ0n) is 14.9. The second-order valence-electron chi connectivity index (χ2n) is 5.35. The molecule has 6 nitrogen and oxygen atoms in total. The third-order valence-electron chi connectivity index (χ3n) is 3.57. The zero-order valence-corrected chi connectivity index (χ0v) is 14.9. The summed E-state index contributed by atoms with van der Waals surface area (Å²) in [4.78, 5) is 12.2. The number of carbonyl (C=O) groups is 1. The molecule has 0 aliphatic rings. The highest BCUT2D eigenvalue weighted by atomic mass is 16.5. The van der Waals surface area contributed by atoms with Gasteiger partial charge in [0.05, 0.1) is 25.5 Å². The number of amides is 1. The number of rotatable bonds is 8. The average molecular weight is 354 g/mol. The number of phenolic OH excluding ortho intramolecular Hbond substituents is 1.